The van der Waals surface area contributed by atoms with Crippen molar-refractivity contribution in [1.82, 2.24) is 0 Å². The Morgan fingerprint density at radius 1 is 1.44 bits per heavy atom. The van der Waals surface area contributed by atoms with Crippen molar-refractivity contribution in [3.63, 3.8) is 0 Å². The smallest absolute Gasteiger partial charge is 0.337 e. The Bertz CT molecular complexity index is 445. The molecular weight excluding hydrogens is 278 g/mol. The molecule has 0 spiro atoms. The van der Waals surface area contributed by atoms with E-state index >= 15 is 0 Å². The highest BCUT2D eigenvalue weighted by molar-refractivity contribution is 9.10. The second-order valence-electron chi connectivity index (χ2n) is 3.02. The number of aromatic carboxylic acids is 1. The molecule has 1 aromatic carbocycles. The Kier molecular flexibility index (Phi) is 3.89. The summed E-state index contributed by atoms with van der Waals surface area (Å²) in [4.78, 5) is 22.0. The molecular formula is C10H10BrNO4. The summed E-state index contributed by atoms with van der Waals surface area (Å²) in [6.07, 6.45) is 0. The Morgan fingerprint density at radius 2 is 2.06 bits per heavy atom. The van der Waals surface area contributed by atoms with Crippen LogP contribution in [0, 0.1) is 0 Å². The second kappa shape index (κ2) is 4.98. The molecule has 0 atom stereocenters. The molecule has 2 N–H and O–H groups in total. The van der Waals surface area contributed by atoms with E-state index in [2.05, 4.69) is 21.2 Å². The van der Waals surface area contributed by atoms with Gasteiger partial charge in [0.2, 0.25) is 5.91 Å². The Balaban J connectivity index is 3.38. The molecule has 0 fully saturated rings. The van der Waals surface area contributed by atoms with Crippen LogP contribution >= 0.6 is 15.9 Å². The van der Waals surface area contributed by atoms with Gasteiger partial charge < -0.3 is 15.2 Å². The maximum Gasteiger partial charge on any atom is 0.337 e. The van der Waals surface area contributed by atoms with Gasteiger partial charge in [0, 0.05) is 11.4 Å². The predicted molar refractivity (Wildman–Crippen MR) is 62.0 cm³/mol. The highest BCUT2D eigenvalue weighted by Crippen LogP contribution is 2.32. The average molecular weight is 288 g/mol. The third kappa shape index (κ3) is 2.73. The number of amides is 1. The van der Waals surface area contributed by atoms with Gasteiger partial charge in [-0.25, -0.2) is 4.79 Å². The van der Waals surface area contributed by atoms with Gasteiger partial charge in [0.05, 0.1) is 18.4 Å². The molecule has 5 nitrogen and oxygen atoms in total. The Labute approximate surface area is 101 Å². The fourth-order valence-electron chi connectivity index (χ4n) is 1.22. The van der Waals surface area contributed by atoms with Gasteiger partial charge in [-0.3, -0.25) is 4.79 Å². The van der Waals surface area contributed by atoms with Crippen molar-refractivity contribution in [2.75, 3.05) is 12.4 Å². The minimum Gasteiger partial charge on any atom is -0.495 e. The van der Waals surface area contributed by atoms with Gasteiger partial charge in [-0.2, -0.15) is 0 Å². The molecule has 0 unspecified atom stereocenters. The summed E-state index contributed by atoms with van der Waals surface area (Å²) in [7, 11) is 1.40. The molecule has 1 aromatic rings. The minimum absolute atomic E-state index is 0.0265. The standard InChI is InChI=1S/C10H10BrNO4/c1-5(13)12-9-7(10(14)15)3-6(11)4-8(9)16-2/h3-4H,1-2H3,(H,12,13)(H,14,15). The van der Waals surface area contributed by atoms with E-state index in [1.54, 1.807) is 6.07 Å². The van der Waals surface area contributed by atoms with E-state index < -0.39 is 5.97 Å². The van der Waals surface area contributed by atoms with Crippen LogP contribution in [0.5, 0.6) is 5.75 Å². The SMILES string of the molecule is COc1cc(Br)cc(C(=O)O)c1NC(C)=O. The first-order valence-electron chi connectivity index (χ1n) is 4.34. The van der Waals surface area contributed by atoms with Crippen LogP contribution in [0.1, 0.15) is 17.3 Å². The number of hydrogen-bond acceptors (Lipinski definition) is 3. The van der Waals surface area contributed by atoms with E-state index in [0.717, 1.165) is 0 Å². The first kappa shape index (κ1) is 12.5. The quantitative estimate of drug-likeness (QED) is 0.893. The normalized spacial score (nSPS) is 9.69. The maximum absolute atomic E-state index is 11.0. The van der Waals surface area contributed by atoms with Crippen LogP contribution in [-0.4, -0.2) is 24.1 Å². The van der Waals surface area contributed by atoms with Crippen molar-refractivity contribution in [2.45, 2.75) is 6.92 Å². The molecule has 0 aromatic heterocycles. The van der Waals surface area contributed by atoms with Gasteiger partial charge in [0.1, 0.15) is 5.75 Å². The highest BCUT2D eigenvalue weighted by Gasteiger charge is 2.17. The zero-order valence-corrected chi connectivity index (χ0v) is 10.3. The molecule has 0 aliphatic rings. The summed E-state index contributed by atoms with van der Waals surface area (Å²) in [6.45, 7) is 1.30. The van der Waals surface area contributed by atoms with Crippen LogP contribution < -0.4 is 10.1 Å². The monoisotopic (exact) mass is 287 g/mol. The van der Waals surface area contributed by atoms with Crippen molar-refractivity contribution in [1.29, 1.82) is 0 Å². The van der Waals surface area contributed by atoms with Gasteiger partial charge in [-0.15, -0.1) is 0 Å². The fraction of sp³-hybridized carbons (Fsp3) is 0.200. The number of ether oxygens (including phenoxy) is 1. The van der Waals surface area contributed by atoms with Gasteiger partial charge in [-0.05, 0) is 12.1 Å². The molecule has 1 amide bonds. The molecule has 0 saturated carbocycles. The zero-order valence-electron chi connectivity index (χ0n) is 8.70. The van der Waals surface area contributed by atoms with E-state index in [1.807, 2.05) is 0 Å². The lowest BCUT2D eigenvalue weighted by Gasteiger charge is -2.12. The van der Waals surface area contributed by atoms with E-state index in [0.29, 0.717) is 10.2 Å². The molecule has 1 rings (SSSR count). The number of rotatable bonds is 3. The van der Waals surface area contributed by atoms with Crippen LogP contribution in [0.4, 0.5) is 5.69 Å². The van der Waals surface area contributed by atoms with Crippen LogP contribution in [0.3, 0.4) is 0 Å². The highest BCUT2D eigenvalue weighted by atomic mass is 79.9. The van der Waals surface area contributed by atoms with Gasteiger partial charge in [0.15, 0.2) is 0 Å². The number of carbonyl (C=O) groups is 2. The molecule has 0 heterocycles. The molecule has 86 valence electrons. The maximum atomic E-state index is 11.0. The molecule has 6 heteroatoms. The lowest BCUT2D eigenvalue weighted by atomic mass is 10.1. The summed E-state index contributed by atoms with van der Waals surface area (Å²) in [6, 6.07) is 2.98. The van der Waals surface area contributed by atoms with Crippen molar-refractivity contribution < 1.29 is 19.4 Å². The van der Waals surface area contributed by atoms with Gasteiger partial charge in [-0.1, -0.05) is 15.9 Å². The van der Waals surface area contributed by atoms with E-state index in [9.17, 15) is 9.59 Å². The second-order valence-corrected chi connectivity index (χ2v) is 3.93. The number of carboxylic acids is 1. The molecule has 0 aliphatic heterocycles. The van der Waals surface area contributed by atoms with Gasteiger partial charge >= 0.3 is 5.97 Å². The topological polar surface area (TPSA) is 75.6 Å². The van der Waals surface area contributed by atoms with E-state index in [4.69, 9.17) is 9.84 Å². The third-order valence-electron chi connectivity index (χ3n) is 1.82. The number of carbonyl (C=O) groups excluding carboxylic acids is 1. The Morgan fingerprint density at radius 3 is 2.50 bits per heavy atom. The van der Waals surface area contributed by atoms with Crippen molar-refractivity contribution in [2.24, 2.45) is 0 Å². The first-order valence-corrected chi connectivity index (χ1v) is 5.13. The number of nitrogens with one attached hydrogen (secondary N) is 1. The lowest BCUT2D eigenvalue weighted by molar-refractivity contribution is -0.114. The van der Waals surface area contributed by atoms with E-state index in [-0.39, 0.29) is 17.2 Å². The molecule has 0 bridgehead atoms. The number of benzene rings is 1. The summed E-state index contributed by atoms with van der Waals surface area (Å²) >= 11 is 3.17. The summed E-state index contributed by atoms with van der Waals surface area (Å²) in [5.41, 5.74) is 0.132. The van der Waals surface area contributed by atoms with Crippen molar-refractivity contribution >= 4 is 33.5 Å². The van der Waals surface area contributed by atoms with Gasteiger partial charge in [0.25, 0.3) is 0 Å². The largest absolute Gasteiger partial charge is 0.495 e. The van der Waals surface area contributed by atoms with Crippen LogP contribution in [-0.2, 0) is 4.79 Å². The molecule has 16 heavy (non-hydrogen) atoms. The zero-order chi connectivity index (χ0) is 12.3. The number of hydrogen-bond donors (Lipinski definition) is 2. The molecule has 0 aliphatic carbocycles. The van der Waals surface area contributed by atoms with Crippen LogP contribution in [0.25, 0.3) is 0 Å². The number of carboxylic acid groups (broad SMARTS) is 1. The molecule has 0 saturated heterocycles. The molecule has 0 radical (unpaired) electrons. The van der Waals surface area contributed by atoms with Crippen LogP contribution in [0.15, 0.2) is 16.6 Å². The van der Waals surface area contributed by atoms with Crippen molar-refractivity contribution in [3.05, 3.63) is 22.2 Å². The van der Waals surface area contributed by atoms with E-state index in [1.165, 1.54) is 20.1 Å². The third-order valence-corrected chi connectivity index (χ3v) is 2.28. The summed E-state index contributed by atoms with van der Waals surface area (Å²) < 4.78 is 5.58. The predicted octanol–water partition coefficient (Wildman–Crippen LogP) is 2.11. The summed E-state index contributed by atoms with van der Waals surface area (Å²) in [5, 5.41) is 11.4. The Hall–Kier alpha value is -1.56. The number of methoxy groups -OCH3 is 1. The lowest BCUT2D eigenvalue weighted by Crippen LogP contribution is -2.12. The van der Waals surface area contributed by atoms with Crippen LogP contribution in [0.2, 0.25) is 0 Å². The summed E-state index contributed by atoms with van der Waals surface area (Å²) in [5.74, 6) is -1.20. The average Bonchev–Trinajstić information content (AvgIpc) is 2.19. The fourth-order valence-corrected chi connectivity index (χ4v) is 1.65. The van der Waals surface area contributed by atoms with Crippen molar-refractivity contribution in [3.8, 4) is 5.75 Å². The minimum atomic E-state index is -1.14. The number of halogens is 1. The first-order chi connectivity index (χ1) is 7.45. The number of anilines is 1.